The molecule has 1 N–H and O–H groups in total. The van der Waals surface area contributed by atoms with Crippen LogP contribution in [0.25, 0.3) is 10.1 Å². The first-order valence-electron chi connectivity index (χ1n) is 9.93. The number of benzene rings is 1. The van der Waals surface area contributed by atoms with Crippen molar-refractivity contribution in [3.8, 4) is 0 Å². The van der Waals surface area contributed by atoms with Crippen molar-refractivity contribution in [2.24, 2.45) is 5.92 Å². The van der Waals surface area contributed by atoms with Crippen molar-refractivity contribution in [2.45, 2.75) is 56.0 Å². The second-order valence-electron chi connectivity index (χ2n) is 8.65. The zero-order valence-electron chi connectivity index (χ0n) is 14.8. The van der Waals surface area contributed by atoms with Gasteiger partial charge < -0.3 is 5.32 Å². The molecule has 1 aromatic heterocycles. The topological polar surface area (TPSA) is 32.3 Å². The average molecular weight is 387 g/mol. The second-order valence-corrected chi connectivity index (χ2v) is 10.1. The second kappa shape index (κ2) is 5.46. The first kappa shape index (κ1) is 15.9. The number of piperidine rings is 3. The van der Waals surface area contributed by atoms with Crippen LogP contribution in [-0.4, -0.2) is 35.5 Å². The standard InChI is InChI=1S/C21H23ClN2OS/c22-17-15(12-1-2-12)4-3-14-11-16(26-18(14)17)20(25)23-19-13-5-9-24(10-6-13)21(19)7-8-21/h3-4,11-13,19H,1-2,5-10H2,(H,23,25). The molecule has 4 heterocycles. The van der Waals surface area contributed by atoms with E-state index in [9.17, 15) is 4.79 Å². The van der Waals surface area contributed by atoms with Gasteiger partial charge in [-0.25, -0.2) is 0 Å². The molecule has 5 heteroatoms. The molecular weight excluding hydrogens is 364 g/mol. The number of rotatable bonds is 3. The van der Waals surface area contributed by atoms with Gasteiger partial charge in [0.05, 0.1) is 20.6 Å². The predicted molar refractivity (Wildman–Crippen MR) is 106 cm³/mol. The highest BCUT2D eigenvalue weighted by Gasteiger charge is 2.60. The Bertz CT molecular complexity index is 906. The molecule has 5 aliphatic rings. The molecule has 3 saturated heterocycles. The van der Waals surface area contributed by atoms with Gasteiger partial charge in [-0.1, -0.05) is 23.7 Å². The molecular formula is C21H23ClN2OS. The SMILES string of the molecule is O=C(NC1C2CCN(CC2)C12CC2)c1cc2ccc(C3CC3)c(Cl)c2s1. The smallest absolute Gasteiger partial charge is 0.261 e. The Labute approximate surface area is 162 Å². The van der Waals surface area contributed by atoms with Gasteiger partial charge in [0.25, 0.3) is 5.91 Å². The third kappa shape index (κ3) is 2.25. The minimum atomic E-state index is 0.0975. The summed E-state index contributed by atoms with van der Waals surface area (Å²) in [6.45, 7) is 2.44. The number of carbonyl (C=O) groups is 1. The number of hydrogen-bond acceptors (Lipinski definition) is 3. The van der Waals surface area contributed by atoms with Crippen LogP contribution < -0.4 is 5.32 Å². The highest BCUT2D eigenvalue weighted by atomic mass is 35.5. The monoisotopic (exact) mass is 386 g/mol. The Morgan fingerprint density at radius 2 is 1.96 bits per heavy atom. The van der Waals surface area contributed by atoms with Gasteiger partial charge in [0.1, 0.15) is 0 Å². The molecule has 2 aliphatic carbocycles. The summed E-state index contributed by atoms with van der Waals surface area (Å²) in [4.78, 5) is 16.5. The number of amides is 1. The minimum Gasteiger partial charge on any atom is -0.346 e. The van der Waals surface area contributed by atoms with Gasteiger partial charge in [0.15, 0.2) is 0 Å². The predicted octanol–water partition coefficient (Wildman–Crippen LogP) is 4.79. The molecule has 1 atom stereocenters. The Kier molecular flexibility index (Phi) is 3.34. The van der Waals surface area contributed by atoms with Gasteiger partial charge in [-0.15, -0.1) is 11.3 Å². The fourth-order valence-electron chi connectivity index (χ4n) is 5.44. The van der Waals surface area contributed by atoms with E-state index >= 15 is 0 Å². The van der Waals surface area contributed by atoms with E-state index in [1.54, 1.807) is 11.3 Å². The molecule has 3 aliphatic heterocycles. The Morgan fingerprint density at radius 3 is 2.65 bits per heavy atom. The third-order valence-electron chi connectivity index (χ3n) is 7.17. The number of nitrogens with zero attached hydrogens (tertiary/aromatic N) is 1. The van der Waals surface area contributed by atoms with Gasteiger partial charge in [0.2, 0.25) is 0 Å². The van der Waals surface area contributed by atoms with Gasteiger partial charge >= 0.3 is 0 Å². The molecule has 26 heavy (non-hydrogen) atoms. The van der Waals surface area contributed by atoms with Crippen molar-refractivity contribution in [2.75, 3.05) is 13.1 Å². The van der Waals surface area contributed by atoms with Crippen molar-refractivity contribution >= 4 is 38.9 Å². The number of nitrogens with one attached hydrogen (secondary N) is 1. The summed E-state index contributed by atoms with van der Waals surface area (Å²) < 4.78 is 1.08. The Morgan fingerprint density at radius 1 is 1.19 bits per heavy atom. The number of halogens is 1. The molecule has 7 rings (SSSR count). The van der Waals surface area contributed by atoms with Crippen molar-refractivity contribution in [1.29, 1.82) is 0 Å². The summed E-state index contributed by atoms with van der Waals surface area (Å²) in [6.07, 6.45) is 7.44. The maximum atomic E-state index is 13.1. The molecule has 1 spiro atoms. The molecule has 2 aromatic rings. The van der Waals surface area contributed by atoms with Crippen LogP contribution in [0.3, 0.4) is 0 Å². The molecule has 2 saturated carbocycles. The van der Waals surface area contributed by atoms with E-state index in [0.29, 0.717) is 17.9 Å². The van der Waals surface area contributed by atoms with E-state index in [2.05, 4.69) is 22.3 Å². The highest BCUT2D eigenvalue weighted by Crippen LogP contribution is 2.54. The normalized spacial score (nSPS) is 31.5. The van der Waals surface area contributed by atoms with Gasteiger partial charge in [0, 0.05) is 5.54 Å². The zero-order valence-corrected chi connectivity index (χ0v) is 16.3. The van der Waals surface area contributed by atoms with E-state index in [-0.39, 0.29) is 11.4 Å². The van der Waals surface area contributed by atoms with Crippen LogP contribution in [0, 0.1) is 5.92 Å². The Hall–Kier alpha value is -1.10. The number of fused-ring (bicyclic) bond motifs is 3. The minimum absolute atomic E-state index is 0.0975. The lowest BCUT2D eigenvalue weighted by molar-refractivity contribution is -0.00138. The molecule has 5 fully saturated rings. The van der Waals surface area contributed by atoms with E-state index < -0.39 is 0 Å². The number of hydrogen-bond donors (Lipinski definition) is 1. The average Bonchev–Trinajstić information content (AvgIpc) is 3.58. The maximum absolute atomic E-state index is 13.1. The largest absolute Gasteiger partial charge is 0.346 e. The molecule has 1 amide bonds. The summed E-state index contributed by atoms with van der Waals surface area (Å²) in [7, 11) is 0. The molecule has 1 unspecified atom stereocenters. The number of thiophene rings is 1. The summed E-state index contributed by atoms with van der Waals surface area (Å²) in [5.74, 6) is 1.39. The first-order valence-corrected chi connectivity index (χ1v) is 11.1. The van der Waals surface area contributed by atoms with Crippen LogP contribution in [0.15, 0.2) is 18.2 Å². The van der Waals surface area contributed by atoms with E-state index in [4.69, 9.17) is 11.6 Å². The van der Waals surface area contributed by atoms with E-state index in [1.807, 2.05) is 6.07 Å². The van der Waals surface area contributed by atoms with Gasteiger partial charge in [-0.2, -0.15) is 0 Å². The molecule has 1 aromatic carbocycles. The summed E-state index contributed by atoms with van der Waals surface area (Å²) in [5.41, 5.74) is 1.55. The van der Waals surface area contributed by atoms with Crippen LogP contribution in [0.2, 0.25) is 5.02 Å². The lowest BCUT2D eigenvalue weighted by atomic mass is 9.77. The quantitative estimate of drug-likeness (QED) is 0.822. The van der Waals surface area contributed by atoms with Crippen molar-refractivity contribution in [1.82, 2.24) is 10.2 Å². The highest BCUT2D eigenvalue weighted by molar-refractivity contribution is 7.21. The van der Waals surface area contributed by atoms with Crippen LogP contribution in [-0.2, 0) is 0 Å². The maximum Gasteiger partial charge on any atom is 0.261 e. The van der Waals surface area contributed by atoms with Crippen molar-refractivity contribution < 1.29 is 4.79 Å². The molecule has 136 valence electrons. The van der Waals surface area contributed by atoms with E-state index in [0.717, 1.165) is 20.0 Å². The summed E-state index contributed by atoms with van der Waals surface area (Å²) in [5, 5.41) is 5.41. The lowest BCUT2D eigenvalue weighted by Gasteiger charge is -2.52. The van der Waals surface area contributed by atoms with Crippen LogP contribution in [0.4, 0.5) is 0 Å². The van der Waals surface area contributed by atoms with Crippen molar-refractivity contribution in [3.05, 3.63) is 33.7 Å². The summed E-state index contributed by atoms with van der Waals surface area (Å²) >= 11 is 8.23. The third-order valence-corrected chi connectivity index (χ3v) is 8.85. The number of carbonyl (C=O) groups excluding carboxylic acids is 1. The molecule has 3 nitrogen and oxygen atoms in total. The fourth-order valence-corrected chi connectivity index (χ4v) is 6.89. The van der Waals surface area contributed by atoms with Gasteiger partial charge in [-0.05, 0) is 80.5 Å². The molecule has 0 radical (unpaired) electrons. The van der Waals surface area contributed by atoms with Gasteiger partial charge in [-0.3, -0.25) is 9.69 Å². The van der Waals surface area contributed by atoms with Crippen molar-refractivity contribution in [3.63, 3.8) is 0 Å². The molecule has 2 bridgehead atoms. The summed E-state index contributed by atoms with van der Waals surface area (Å²) in [6, 6.07) is 6.65. The Balaban J connectivity index is 1.30. The fraction of sp³-hybridized carbons (Fsp3) is 0.571. The van der Waals surface area contributed by atoms with E-state index in [1.165, 1.54) is 57.2 Å². The van der Waals surface area contributed by atoms with Crippen LogP contribution in [0.5, 0.6) is 0 Å². The lowest BCUT2D eigenvalue weighted by Crippen LogP contribution is -2.65. The first-order chi connectivity index (χ1) is 12.7. The van der Waals surface area contributed by atoms with Crippen LogP contribution in [0.1, 0.15) is 59.7 Å². The zero-order chi connectivity index (χ0) is 17.5. The van der Waals surface area contributed by atoms with Crippen LogP contribution >= 0.6 is 22.9 Å².